The zero-order chi connectivity index (χ0) is 35.0. The van der Waals surface area contributed by atoms with Gasteiger partial charge in [0.2, 0.25) is 0 Å². The Morgan fingerprint density at radius 1 is 0.472 bits per heavy atom. The fraction of sp³-hybridized carbons (Fsp3) is 0. The van der Waals surface area contributed by atoms with Gasteiger partial charge >= 0.3 is 0 Å². The van der Waals surface area contributed by atoms with Crippen LogP contribution in [0.2, 0.25) is 0 Å². The van der Waals surface area contributed by atoms with Gasteiger partial charge in [0.15, 0.2) is 0 Å². The quantitative estimate of drug-likeness (QED) is 0.233. The summed E-state index contributed by atoms with van der Waals surface area (Å²) in [6.45, 7) is 0. The molecule has 0 aliphatic carbocycles. The molecule has 0 aliphatic heterocycles. The molecule has 0 saturated carbocycles. The summed E-state index contributed by atoms with van der Waals surface area (Å²) in [5, 5.41) is 1.47. The lowest BCUT2D eigenvalue weighted by molar-refractivity contribution is 0.615. The molecule has 2 aromatic heterocycles. The zero-order valence-electron chi connectivity index (χ0n) is 31.4. The van der Waals surface area contributed by atoms with Crippen LogP contribution in [0.5, 0.6) is 0 Å². The first-order valence-corrected chi connectivity index (χ1v) is 11.1. The van der Waals surface area contributed by atoms with E-state index in [1.165, 1.54) is 0 Å². The first kappa shape index (κ1) is 10.8. The Bertz CT molecular complexity index is 2710. The van der Waals surface area contributed by atoms with Crippen molar-refractivity contribution >= 4 is 54.5 Å². The second-order valence-corrected chi connectivity index (χ2v) is 8.33. The number of hydrogen-bond acceptors (Lipinski definition) is 2. The SMILES string of the molecule is [2H]c1c([2H])c([2H])c(-c2c3c([2H])c([2H])c([2H])c([2H])c3c(-c3ccc4c(c3)oc3ccc5occc5c34)c3c([2H])c([2H])c([2H])c([2H])c23)c([2H])c1[2H]. The van der Waals surface area contributed by atoms with Gasteiger partial charge in [-0.1, -0.05) is 84.6 Å². The van der Waals surface area contributed by atoms with Crippen LogP contribution in [0.3, 0.4) is 0 Å². The Balaban J connectivity index is 1.66. The van der Waals surface area contributed by atoms with Crippen molar-refractivity contribution in [2.45, 2.75) is 0 Å². The van der Waals surface area contributed by atoms with Crippen molar-refractivity contribution in [3.05, 3.63) is 121 Å². The third-order valence-corrected chi connectivity index (χ3v) is 6.48. The molecule has 168 valence electrons. The van der Waals surface area contributed by atoms with Gasteiger partial charge in [-0.25, -0.2) is 0 Å². The second-order valence-electron chi connectivity index (χ2n) is 8.33. The van der Waals surface area contributed by atoms with Crippen LogP contribution in [0.15, 0.2) is 130 Å². The Kier molecular flexibility index (Phi) is 2.21. The van der Waals surface area contributed by atoms with Crippen LogP contribution in [0.4, 0.5) is 0 Å². The van der Waals surface area contributed by atoms with Crippen LogP contribution >= 0.6 is 0 Å². The number of fused-ring (bicyclic) bond motifs is 7. The fourth-order valence-electron chi connectivity index (χ4n) is 5.01. The van der Waals surface area contributed by atoms with E-state index in [2.05, 4.69) is 0 Å². The van der Waals surface area contributed by atoms with Gasteiger partial charge < -0.3 is 8.83 Å². The van der Waals surface area contributed by atoms with E-state index in [4.69, 9.17) is 26.7 Å². The first-order chi connectivity index (χ1) is 23.3. The van der Waals surface area contributed by atoms with Gasteiger partial charge in [0.25, 0.3) is 0 Å². The van der Waals surface area contributed by atoms with Crippen LogP contribution < -0.4 is 0 Å². The highest BCUT2D eigenvalue weighted by molar-refractivity contribution is 6.23. The number of rotatable bonds is 2. The summed E-state index contributed by atoms with van der Waals surface area (Å²) in [5.74, 6) is 0. The normalized spacial score (nSPS) is 16.9. The van der Waals surface area contributed by atoms with Crippen LogP contribution in [-0.2, 0) is 0 Å². The molecule has 6 aromatic carbocycles. The molecule has 0 atom stereocenters. The second kappa shape index (κ2) is 7.34. The van der Waals surface area contributed by atoms with Crippen molar-refractivity contribution in [3.63, 3.8) is 0 Å². The van der Waals surface area contributed by atoms with Crippen molar-refractivity contribution in [1.82, 2.24) is 0 Å². The van der Waals surface area contributed by atoms with E-state index in [1.807, 2.05) is 6.07 Å². The molecule has 8 aromatic rings. The van der Waals surface area contributed by atoms with Crippen molar-refractivity contribution in [1.29, 1.82) is 0 Å². The summed E-state index contributed by atoms with van der Waals surface area (Å²) in [6.07, 6.45) is 1.56. The lowest BCUT2D eigenvalue weighted by Crippen LogP contribution is -1.90. The molecule has 2 heterocycles. The molecular weight excluding hydrogens is 440 g/mol. The predicted molar refractivity (Wildman–Crippen MR) is 149 cm³/mol. The van der Waals surface area contributed by atoms with Crippen LogP contribution in [0, 0.1) is 0 Å². The zero-order valence-corrected chi connectivity index (χ0v) is 18.4. The molecule has 2 nitrogen and oxygen atoms in total. The molecule has 0 unspecified atom stereocenters. The van der Waals surface area contributed by atoms with Gasteiger partial charge in [0.05, 0.1) is 24.1 Å². The summed E-state index contributed by atoms with van der Waals surface area (Å²) in [6, 6.07) is 1.95. The summed E-state index contributed by atoms with van der Waals surface area (Å²) in [7, 11) is 0. The molecule has 0 bridgehead atoms. The minimum Gasteiger partial charge on any atom is -0.464 e. The maximum atomic E-state index is 9.11. The number of furan rings is 2. The average Bonchev–Trinajstić information content (AvgIpc) is 3.73. The molecular formula is C34H20O2. The minimum absolute atomic E-state index is 0.0379. The van der Waals surface area contributed by atoms with Crippen molar-refractivity contribution in [2.75, 3.05) is 0 Å². The van der Waals surface area contributed by atoms with Gasteiger partial charge in [0, 0.05) is 16.2 Å². The van der Waals surface area contributed by atoms with E-state index in [-0.39, 0.29) is 32.7 Å². The molecule has 2 heteroatoms. The molecule has 0 radical (unpaired) electrons. The van der Waals surface area contributed by atoms with Crippen molar-refractivity contribution < 1.29 is 26.7 Å². The van der Waals surface area contributed by atoms with Crippen LogP contribution in [-0.4, -0.2) is 0 Å². The molecule has 0 fully saturated rings. The van der Waals surface area contributed by atoms with Gasteiger partial charge in [-0.05, 0) is 74.1 Å². The number of benzene rings is 6. The molecule has 0 spiro atoms. The fourth-order valence-corrected chi connectivity index (χ4v) is 5.01. The lowest BCUT2D eigenvalue weighted by Gasteiger charge is -2.17. The highest BCUT2D eigenvalue weighted by Gasteiger charge is 2.18. The summed E-state index contributed by atoms with van der Waals surface area (Å²) in [5.41, 5.74) is 1.14. The van der Waals surface area contributed by atoms with Crippen molar-refractivity contribution in [2.24, 2.45) is 0 Å². The molecule has 8 rings (SSSR count). The Morgan fingerprint density at radius 2 is 1.06 bits per heavy atom. The number of hydrogen-bond donors (Lipinski definition) is 0. The molecule has 0 saturated heterocycles. The summed E-state index contributed by atoms with van der Waals surface area (Å²) < 4.78 is 125. The third-order valence-electron chi connectivity index (χ3n) is 6.48. The Labute approximate surface area is 225 Å². The third kappa shape index (κ3) is 2.67. The summed E-state index contributed by atoms with van der Waals surface area (Å²) >= 11 is 0. The Morgan fingerprint density at radius 3 is 1.75 bits per heavy atom. The minimum atomic E-state index is -0.717. The van der Waals surface area contributed by atoms with E-state index in [0.717, 1.165) is 10.8 Å². The van der Waals surface area contributed by atoms with Crippen LogP contribution in [0.1, 0.15) is 17.8 Å². The molecule has 36 heavy (non-hydrogen) atoms. The predicted octanol–water partition coefficient (Wildman–Crippen LogP) is 9.97. The highest BCUT2D eigenvalue weighted by Crippen LogP contribution is 2.45. The van der Waals surface area contributed by atoms with E-state index >= 15 is 0 Å². The monoisotopic (exact) mass is 473 g/mol. The largest absolute Gasteiger partial charge is 0.464 e. The van der Waals surface area contributed by atoms with E-state index in [0.29, 0.717) is 27.7 Å². The maximum Gasteiger partial charge on any atom is 0.136 e. The molecule has 0 N–H and O–H groups in total. The molecule has 0 amide bonds. The van der Waals surface area contributed by atoms with E-state index in [1.54, 1.807) is 36.6 Å². The summed E-state index contributed by atoms with van der Waals surface area (Å²) in [4.78, 5) is 0. The highest BCUT2D eigenvalue weighted by atomic mass is 16.3. The van der Waals surface area contributed by atoms with Gasteiger partial charge in [-0.15, -0.1) is 0 Å². The lowest BCUT2D eigenvalue weighted by atomic mass is 9.86. The maximum absolute atomic E-state index is 9.11. The standard InChI is InChI=1S/C34H20O2/c1-2-8-21(9-3-1)32-23-10-4-6-12-25(23)33(26-13-7-5-11-24(26)32)22-14-15-27-31(20-22)36-30-17-16-29-28(34(27)30)18-19-35-29/h1-20H/i1D,2D,3D,4D,5D,6D,7D,8D,9D,10D,11D,12D,13D. The van der Waals surface area contributed by atoms with Gasteiger partial charge in [-0.2, -0.15) is 0 Å². The van der Waals surface area contributed by atoms with E-state index < -0.39 is 84.1 Å². The topological polar surface area (TPSA) is 26.3 Å². The van der Waals surface area contributed by atoms with Crippen molar-refractivity contribution in [3.8, 4) is 22.3 Å². The smallest absolute Gasteiger partial charge is 0.136 e. The first-order valence-electron chi connectivity index (χ1n) is 17.6. The van der Waals surface area contributed by atoms with Gasteiger partial charge in [-0.3, -0.25) is 0 Å². The average molecular weight is 474 g/mol. The molecule has 0 aliphatic rings. The van der Waals surface area contributed by atoms with Crippen LogP contribution in [0.25, 0.3) is 76.7 Å². The van der Waals surface area contributed by atoms with Gasteiger partial charge in [0.1, 0.15) is 16.7 Å². The Hall–Kier alpha value is -4.82. The van der Waals surface area contributed by atoms with E-state index in [9.17, 15) is 0 Å².